The maximum Gasteiger partial charge on any atom is 0.252 e. The van der Waals surface area contributed by atoms with Crippen molar-refractivity contribution in [2.75, 3.05) is 43.2 Å². The van der Waals surface area contributed by atoms with E-state index < -0.39 is 9.84 Å². The van der Waals surface area contributed by atoms with Gasteiger partial charge in [-0.2, -0.15) is 0 Å². The quantitative estimate of drug-likeness (QED) is 0.696. The van der Waals surface area contributed by atoms with Gasteiger partial charge in [0.2, 0.25) is 0 Å². The van der Waals surface area contributed by atoms with E-state index in [0.29, 0.717) is 37.5 Å². The molecule has 1 atom stereocenters. The second-order valence-corrected chi connectivity index (χ2v) is 8.08. The topological polar surface area (TPSA) is 88.6 Å². The molecule has 1 aromatic rings. The van der Waals surface area contributed by atoms with Crippen LogP contribution in [0.5, 0.6) is 0 Å². The van der Waals surface area contributed by atoms with Gasteiger partial charge < -0.3 is 15.0 Å². The molecule has 8 heteroatoms. The minimum absolute atomic E-state index is 0.0405. The standard InChI is InChI=1S/C16H25N3O4S/c1-3-19(14-7-10-24(21,22)12-14)15-6-5-13(11-18-15)16(20)17-8-4-9-23-2/h5-6,11,14H,3-4,7-10,12H2,1-2H3,(H,17,20). The van der Waals surface area contributed by atoms with Gasteiger partial charge in [-0.3, -0.25) is 4.79 Å². The van der Waals surface area contributed by atoms with Gasteiger partial charge in [0.1, 0.15) is 5.82 Å². The Bertz CT molecular complexity index is 646. The Morgan fingerprint density at radius 2 is 2.25 bits per heavy atom. The van der Waals surface area contributed by atoms with Crippen LogP contribution in [-0.2, 0) is 14.6 Å². The van der Waals surface area contributed by atoms with Crippen LogP contribution in [0, 0.1) is 0 Å². The van der Waals surface area contributed by atoms with Gasteiger partial charge >= 0.3 is 0 Å². The monoisotopic (exact) mass is 355 g/mol. The lowest BCUT2D eigenvalue weighted by Crippen LogP contribution is -2.36. The third-order valence-electron chi connectivity index (χ3n) is 4.10. The van der Waals surface area contributed by atoms with Crippen molar-refractivity contribution in [1.29, 1.82) is 0 Å². The predicted octanol–water partition coefficient (Wildman–Crippen LogP) is 0.861. The summed E-state index contributed by atoms with van der Waals surface area (Å²) in [7, 11) is -1.31. The molecule has 1 amide bonds. The molecule has 1 unspecified atom stereocenters. The van der Waals surface area contributed by atoms with Crippen LogP contribution < -0.4 is 10.2 Å². The molecule has 1 aliphatic heterocycles. The van der Waals surface area contributed by atoms with Crippen LogP contribution in [-0.4, -0.2) is 63.7 Å². The van der Waals surface area contributed by atoms with Gasteiger partial charge in [0.15, 0.2) is 9.84 Å². The van der Waals surface area contributed by atoms with E-state index in [1.807, 2.05) is 11.8 Å². The third-order valence-corrected chi connectivity index (χ3v) is 5.86. The first kappa shape index (κ1) is 18.7. The second kappa shape index (κ2) is 8.43. The lowest BCUT2D eigenvalue weighted by Gasteiger charge is -2.27. The van der Waals surface area contributed by atoms with Crippen LogP contribution >= 0.6 is 0 Å². The van der Waals surface area contributed by atoms with Crippen LogP contribution in [0.4, 0.5) is 5.82 Å². The number of anilines is 1. The molecule has 1 fully saturated rings. The first-order chi connectivity index (χ1) is 11.5. The number of rotatable bonds is 8. The highest BCUT2D eigenvalue weighted by molar-refractivity contribution is 7.91. The molecular weight excluding hydrogens is 330 g/mol. The summed E-state index contributed by atoms with van der Waals surface area (Å²) >= 11 is 0. The van der Waals surface area contributed by atoms with E-state index in [1.165, 1.54) is 6.20 Å². The number of sulfone groups is 1. The van der Waals surface area contributed by atoms with Crippen LogP contribution in [0.25, 0.3) is 0 Å². The van der Waals surface area contributed by atoms with Crippen molar-refractivity contribution in [2.24, 2.45) is 0 Å². The molecule has 0 radical (unpaired) electrons. The molecule has 0 saturated carbocycles. The Hall–Kier alpha value is -1.67. The van der Waals surface area contributed by atoms with Crippen molar-refractivity contribution in [3.8, 4) is 0 Å². The Morgan fingerprint density at radius 1 is 1.46 bits per heavy atom. The van der Waals surface area contributed by atoms with Gasteiger partial charge in [0, 0.05) is 39.0 Å². The number of carbonyl (C=O) groups is 1. The number of hydrogen-bond acceptors (Lipinski definition) is 6. The summed E-state index contributed by atoms with van der Waals surface area (Å²) in [6, 6.07) is 3.46. The fraction of sp³-hybridized carbons (Fsp3) is 0.625. The van der Waals surface area contributed by atoms with Gasteiger partial charge in [0.05, 0.1) is 17.1 Å². The molecule has 2 heterocycles. The van der Waals surface area contributed by atoms with E-state index in [2.05, 4.69) is 10.3 Å². The molecule has 1 aliphatic rings. The van der Waals surface area contributed by atoms with Crippen LogP contribution in [0.2, 0.25) is 0 Å². The van der Waals surface area contributed by atoms with Crippen molar-refractivity contribution in [1.82, 2.24) is 10.3 Å². The molecule has 0 aliphatic carbocycles. The zero-order valence-corrected chi connectivity index (χ0v) is 15.0. The molecule has 0 aromatic carbocycles. The number of pyridine rings is 1. The lowest BCUT2D eigenvalue weighted by molar-refractivity contribution is 0.0948. The molecule has 1 aromatic heterocycles. The van der Waals surface area contributed by atoms with Crippen molar-refractivity contribution in [2.45, 2.75) is 25.8 Å². The van der Waals surface area contributed by atoms with Crippen LogP contribution in [0.1, 0.15) is 30.1 Å². The van der Waals surface area contributed by atoms with E-state index in [9.17, 15) is 13.2 Å². The van der Waals surface area contributed by atoms with Gasteiger partial charge in [0.25, 0.3) is 5.91 Å². The lowest BCUT2D eigenvalue weighted by atomic mass is 10.2. The number of hydrogen-bond donors (Lipinski definition) is 1. The number of nitrogens with one attached hydrogen (secondary N) is 1. The molecule has 134 valence electrons. The van der Waals surface area contributed by atoms with Gasteiger partial charge in [-0.15, -0.1) is 0 Å². The third kappa shape index (κ3) is 4.91. The summed E-state index contributed by atoms with van der Waals surface area (Å²) < 4.78 is 28.3. The average molecular weight is 355 g/mol. The fourth-order valence-electron chi connectivity index (χ4n) is 2.84. The largest absolute Gasteiger partial charge is 0.385 e. The zero-order valence-electron chi connectivity index (χ0n) is 14.2. The highest BCUT2D eigenvalue weighted by Crippen LogP contribution is 2.22. The molecular formula is C16H25N3O4S. The van der Waals surface area contributed by atoms with E-state index in [4.69, 9.17) is 4.74 Å². The van der Waals surface area contributed by atoms with Gasteiger partial charge in [-0.25, -0.2) is 13.4 Å². The summed E-state index contributed by atoms with van der Waals surface area (Å²) in [5.41, 5.74) is 0.492. The first-order valence-electron chi connectivity index (χ1n) is 8.17. The summed E-state index contributed by atoms with van der Waals surface area (Å²) in [4.78, 5) is 18.4. The van der Waals surface area contributed by atoms with E-state index in [1.54, 1.807) is 19.2 Å². The fourth-order valence-corrected chi connectivity index (χ4v) is 4.57. The predicted molar refractivity (Wildman–Crippen MR) is 93.1 cm³/mol. The SMILES string of the molecule is CCN(c1ccc(C(=O)NCCCOC)cn1)C1CCS(=O)(=O)C1. The van der Waals surface area contributed by atoms with Crippen molar-refractivity contribution in [3.63, 3.8) is 0 Å². The number of aromatic nitrogens is 1. The highest BCUT2D eigenvalue weighted by atomic mass is 32.2. The van der Waals surface area contributed by atoms with E-state index in [0.717, 1.165) is 6.42 Å². The Labute approximate surface area is 143 Å². The molecule has 1 N–H and O–H groups in total. The van der Waals surface area contributed by atoms with Crippen molar-refractivity contribution in [3.05, 3.63) is 23.9 Å². The number of carbonyl (C=O) groups excluding carboxylic acids is 1. The summed E-state index contributed by atoms with van der Waals surface area (Å²) in [5.74, 6) is 0.938. The Balaban J connectivity index is 1.98. The summed E-state index contributed by atoms with van der Waals surface area (Å²) in [6.45, 7) is 3.81. The second-order valence-electron chi connectivity index (χ2n) is 5.85. The molecule has 7 nitrogen and oxygen atoms in total. The van der Waals surface area contributed by atoms with Gasteiger partial charge in [-0.1, -0.05) is 0 Å². The summed E-state index contributed by atoms with van der Waals surface area (Å²) in [6.07, 6.45) is 2.92. The first-order valence-corrected chi connectivity index (χ1v) is 9.99. The van der Waals surface area contributed by atoms with Crippen LogP contribution in [0.15, 0.2) is 18.3 Å². The van der Waals surface area contributed by atoms with Crippen LogP contribution in [0.3, 0.4) is 0 Å². The van der Waals surface area contributed by atoms with E-state index >= 15 is 0 Å². The normalized spacial score (nSPS) is 19.2. The molecule has 1 saturated heterocycles. The Morgan fingerprint density at radius 3 is 2.79 bits per heavy atom. The van der Waals surface area contributed by atoms with Crippen molar-refractivity contribution >= 4 is 21.6 Å². The minimum atomic E-state index is -2.94. The molecule has 24 heavy (non-hydrogen) atoms. The van der Waals surface area contributed by atoms with Gasteiger partial charge in [-0.05, 0) is 31.9 Å². The molecule has 0 bridgehead atoms. The average Bonchev–Trinajstić information content (AvgIpc) is 2.92. The molecule has 2 rings (SSSR count). The number of amides is 1. The maximum atomic E-state index is 12.0. The zero-order chi connectivity index (χ0) is 17.6. The number of nitrogens with zero attached hydrogens (tertiary/aromatic N) is 2. The minimum Gasteiger partial charge on any atom is -0.385 e. The van der Waals surface area contributed by atoms with Crippen molar-refractivity contribution < 1.29 is 17.9 Å². The smallest absolute Gasteiger partial charge is 0.252 e. The molecule has 0 spiro atoms. The maximum absolute atomic E-state index is 12.0. The Kier molecular flexibility index (Phi) is 6.56. The highest BCUT2D eigenvalue weighted by Gasteiger charge is 2.32. The van der Waals surface area contributed by atoms with E-state index in [-0.39, 0.29) is 23.5 Å². The summed E-state index contributed by atoms with van der Waals surface area (Å²) in [5, 5.41) is 2.81. The number of ether oxygens (including phenoxy) is 1. The number of methoxy groups -OCH3 is 1.